The van der Waals surface area contributed by atoms with Crippen LogP contribution in [-0.2, 0) is 6.42 Å². The molecule has 0 aliphatic heterocycles. The minimum atomic E-state index is -0.715. The molecule has 0 spiro atoms. The van der Waals surface area contributed by atoms with E-state index >= 15 is 0 Å². The van der Waals surface area contributed by atoms with Gasteiger partial charge in [-0.15, -0.1) is 0 Å². The third kappa shape index (κ3) is 2.54. The Labute approximate surface area is 106 Å². The van der Waals surface area contributed by atoms with Crippen LogP contribution in [0.1, 0.15) is 24.5 Å². The van der Waals surface area contributed by atoms with Crippen LogP contribution in [-0.4, -0.2) is 4.98 Å². The fourth-order valence-corrected chi connectivity index (χ4v) is 1.81. The lowest BCUT2D eigenvalue weighted by atomic mass is 10.1. The second-order valence-corrected chi connectivity index (χ2v) is 4.09. The summed E-state index contributed by atoms with van der Waals surface area (Å²) in [5.74, 6) is -0.715. The number of nitrogens with zero attached hydrogens (tertiary/aromatic N) is 2. The highest BCUT2D eigenvalue weighted by Gasteiger charge is 2.06. The summed E-state index contributed by atoms with van der Waals surface area (Å²) >= 11 is 0. The van der Waals surface area contributed by atoms with Crippen LogP contribution in [0.15, 0.2) is 36.4 Å². The molecular formula is C15H13FN2. The van der Waals surface area contributed by atoms with Gasteiger partial charge in [0.1, 0.15) is 11.6 Å². The summed E-state index contributed by atoms with van der Waals surface area (Å²) in [7, 11) is 0. The second kappa shape index (κ2) is 5.42. The van der Waals surface area contributed by atoms with Crippen molar-refractivity contribution in [1.29, 1.82) is 5.26 Å². The van der Waals surface area contributed by atoms with Gasteiger partial charge in [0.2, 0.25) is 5.95 Å². The highest BCUT2D eigenvalue weighted by Crippen LogP contribution is 2.19. The molecule has 18 heavy (non-hydrogen) atoms. The van der Waals surface area contributed by atoms with Crippen LogP contribution in [0.25, 0.3) is 11.3 Å². The normalized spacial score (nSPS) is 10.1. The average Bonchev–Trinajstić information content (AvgIpc) is 2.40. The second-order valence-electron chi connectivity index (χ2n) is 4.09. The molecule has 0 amide bonds. The molecule has 0 radical (unpaired) electrons. The number of halogens is 1. The monoisotopic (exact) mass is 240 g/mol. The van der Waals surface area contributed by atoms with E-state index in [-0.39, 0.29) is 5.56 Å². The molecule has 0 atom stereocenters. The summed E-state index contributed by atoms with van der Waals surface area (Å²) in [6, 6.07) is 12.8. The molecule has 2 aromatic rings. The maximum Gasteiger partial charge on any atom is 0.231 e. The van der Waals surface area contributed by atoms with E-state index in [0.717, 1.165) is 18.4 Å². The summed E-state index contributed by atoms with van der Waals surface area (Å²) in [6.07, 6.45) is 2.14. The highest BCUT2D eigenvalue weighted by molar-refractivity contribution is 5.60. The highest BCUT2D eigenvalue weighted by atomic mass is 19.1. The quantitative estimate of drug-likeness (QED) is 0.767. The molecule has 90 valence electrons. The van der Waals surface area contributed by atoms with Gasteiger partial charge in [0.05, 0.1) is 5.69 Å². The first kappa shape index (κ1) is 12.3. The zero-order valence-corrected chi connectivity index (χ0v) is 10.2. The zero-order valence-electron chi connectivity index (χ0n) is 10.2. The van der Waals surface area contributed by atoms with E-state index in [9.17, 15) is 4.39 Å². The van der Waals surface area contributed by atoms with Gasteiger partial charge in [0.15, 0.2) is 0 Å². The standard InChI is InChI=1S/C15H13FN2/c1-2-3-11-4-6-12(7-5-11)14-9-8-13(10-17)15(16)18-14/h4-9H,2-3H2,1H3. The predicted molar refractivity (Wildman–Crippen MR) is 68.3 cm³/mol. The van der Waals surface area contributed by atoms with Gasteiger partial charge in [-0.25, -0.2) is 4.98 Å². The first-order chi connectivity index (χ1) is 8.74. The minimum absolute atomic E-state index is 0.0265. The molecule has 2 nitrogen and oxygen atoms in total. The Kier molecular flexibility index (Phi) is 3.69. The van der Waals surface area contributed by atoms with Crippen molar-refractivity contribution in [1.82, 2.24) is 4.98 Å². The van der Waals surface area contributed by atoms with Gasteiger partial charge in [-0.1, -0.05) is 37.6 Å². The maximum atomic E-state index is 13.4. The molecule has 0 aliphatic carbocycles. The summed E-state index contributed by atoms with van der Waals surface area (Å²) in [5, 5.41) is 8.65. The predicted octanol–water partition coefficient (Wildman–Crippen LogP) is 3.71. The fourth-order valence-electron chi connectivity index (χ4n) is 1.81. The molecule has 0 bridgehead atoms. The third-order valence-electron chi connectivity index (χ3n) is 2.76. The van der Waals surface area contributed by atoms with E-state index in [1.54, 1.807) is 12.1 Å². The fraction of sp³-hybridized carbons (Fsp3) is 0.200. The summed E-state index contributed by atoms with van der Waals surface area (Å²) in [4.78, 5) is 3.80. The van der Waals surface area contributed by atoms with Gasteiger partial charge in [0, 0.05) is 5.56 Å². The van der Waals surface area contributed by atoms with Gasteiger partial charge >= 0.3 is 0 Å². The number of pyridine rings is 1. The molecular weight excluding hydrogens is 227 g/mol. The van der Waals surface area contributed by atoms with Gasteiger partial charge in [-0.3, -0.25) is 0 Å². The van der Waals surface area contributed by atoms with Gasteiger partial charge in [0.25, 0.3) is 0 Å². The van der Waals surface area contributed by atoms with Crippen LogP contribution in [0.4, 0.5) is 4.39 Å². The maximum absolute atomic E-state index is 13.4. The topological polar surface area (TPSA) is 36.7 Å². The van der Waals surface area contributed by atoms with E-state index in [2.05, 4.69) is 11.9 Å². The Morgan fingerprint density at radius 3 is 2.44 bits per heavy atom. The lowest BCUT2D eigenvalue weighted by Gasteiger charge is -2.03. The van der Waals surface area contributed by atoms with Crippen molar-refractivity contribution >= 4 is 0 Å². The van der Waals surface area contributed by atoms with Crippen molar-refractivity contribution in [3.05, 3.63) is 53.5 Å². The molecule has 0 unspecified atom stereocenters. The van der Waals surface area contributed by atoms with Crippen molar-refractivity contribution in [2.45, 2.75) is 19.8 Å². The first-order valence-corrected chi connectivity index (χ1v) is 5.90. The van der Waals surface area contributed by atoms with Crippen molar-refractivity contribution in [2.24, 2.45) is 0 Å². The molecule has 0 N–H and O–H groups in total. The molecule has 2 rings (SSSR count). The lowest BCUT2D eigenvalue weighted by Crippen LogP contribution is -1.92. The number of aryl methyl sites for hydroxylation is 1. The smallest absolute Gasteiger partial charge is 0.219 e. The van der Waals surface area contributed by atoms with Crippen molar-refractivity contribution in [3.8, 4) is 17.3 Å². The van der Waals surface area contributed by atoms with Crippen molar-refractivity contribution in [2.75, 3.05) is 0 Å². The molecule has 0 saturated heterocycles. The number of hydrogen-bond donors (Lipinski definition) is 0. The summed E-state index contributed by atoms with van der Waals surface area (Å²) in [5.41, 5.74) is 2.64. The molecule has 1 heterocycles. The number of nitriles is 1. The van der Waals surface area contributed by atoms with E-state index < -0.39 is 5.95 Å². The van der Waals surface area contributed by atoms with Crippen molar-refractivity contribution in [3.63, 3.8) is 0 Å². The van der Waals surface area contributed by atoms with Crippen LogP contribution in [0.2, 0.25) is 0 Å². The largest absolute Gasteiger partial charge is 0.231 e. The Morgan fingerprint density at radius 2 is 1.89 bits per heavy atom. The lowest BCUT2D eigenvalue weighted by molar-refractivity contribution is 0.581. The third-order valence-corrected chi connectivity index (χ3v) is 2.76. The Hall–Kier alpha value is -2.21. The summed E-state index contributed by atoms with van der Waals surface area (Å²) < 4.78 is 13.4. The molecule has 0 saturated carbocycles. The number of benzene rings is 1. The van der Waals surface area contributed by atoms with E-state index in [4.69, 9.17) is 5.26 Å². The van der Waals surface area contributed by atoms with Crippen LogP contribution in [0.5, 0.6) is 0 Å². The van der Waals surface area contributed by atoms with E-state index in [1.807, 2.05) is 24.3 Å². The molecule has 0 fully saturated rings. The number of rotatable bonds is 3. The number of hydrogen-bond acceptors (Lipinski definition) is 2. The summed E-state index contributed by atoms with van der Waals surface area (Å²) in [6.45, 7) is 2.13. The minimum Gasteiger partial charge on any atom is -0.219 e. The zero-order chi connectivity index (χ0) is 13.0. The van der Waals surface area contributed by atoms with Crippen LogP contribution < -0.4 is 0 Å². The van der Waals surface area contributed by atoms with Crippen molar-refractivity contribution < 1.29 is 4.39 Å². The van der Waals surface area contributed by atoms with E-state index in [0.29, 0.717) is 5.69 Å². The average molecular weight is 240 g/mol. The Balaban J connectivity index is 2.31. The molecule has 0 aliphatic rings. The van der Waals surface area contributed by atoms with E-state index in [1.165, 1.54) is 11.6 Å². The van der Waals surface area contributed by atoms with Gasteiger partial charge in [-0.05, 0) is 24.1 Å². The van der Waals surface area contributed by atoms with Gasteiger partial charge < -0.3 is 0 Å². The molecule has 1 aromatic heterocycles. The first-order valence-electron chi connectivity index (χ1n) is 5.90. The SMILES string of the molecule is CCCc1ccc(-c2ccc(C#N)c(F)n2)cc1. The molecule has 3 heteroatoms. The Bertz CT molecular complexity index is 582. The van der Waals surface area contributed by atoms with Crippen LogP contribution in [0.3, 0.4) is 0 Å². The van der Waals surface area contributed by atoms with Crippen LogP contribution >= 0.6 is 0 Å². The molecule has 1 aromatic carbocycles. The van der Waals surface area contributed by atoms with Gasteiger partial charge in [-0.2, -0.15) is 9.65 Å². The van der Waals surface area contributed by atoms with Crippen LogP contribution in [0, 0.1) is 17.3 Å². The number of aromatic nitrogens is 1. The Morgan fingerprint density at radius 1 is 1.17 bits per heavy atom.